The van der Waals surface area contributed by atoms with Crippen LogP contribution in [0.1, 0.15) is 20.3 Å². The smallest absolute Gasteiger partial charge is 0.0468 e. The van der Waals surface area contributed by atoms with Crippen molar-refractivity contribution in [2.45, 2.75) is 20.3 Å². The van der Waals surface area contributed by atoms with Gasteiger partial charge >= 0.3 is 0 Å². The molecule has 0 heterocycles. The Labute approximate surface area is 37.5 Å². The SMILES string of the molecule is CCC.NN=O. The van der Waals surface area contributed by atoms with Crippen molar-refractivity contribution in [2.24, 2.45) is 11.1 Å². The van der Waals surface area contributed by atoms with Gasteiger partial charge in [-0.15, -0.1) is 4.91 Å². The van der Waals surface area contributed by atoms with E-state index in [-0.39, 0.29) is 0 Å². The van der Waals surface area contributed by atoms with Crippen LogP contribution in [0, 0.1) is 4.91 Å². The van der Waals surface area contributed by atoms with Gasteiger partial charge in [0.2, 0.25) is 0 Å². The lowest BCUT2D eigenvalue weighted by Crippen LogP contribution is -1.66. The third-order valence-electron chi connectivity index (χ3n) is 0. The molecule has 3 heteroatoms. The van der Waals surface area contributed by atoms with E-state index < -0.39 is 0 Å². The summed E-state index contributed by atoms with van der Waals surface area (Å²) in [4.78, 5) is 8.33. The van der Waals surface area contributed by atoms with Crippen molar-refractivity contribution in [3.63, 3.8) is 0 Å². The Kier molecular flexibility index (Phi) is 39.1. The predicted octanol–water partition coefficient (Wildman–Crippen LogP) is 1.04. The molecule has 0 aliphatic rings. The van der Waals surface area contributed by atoms with Crippen LogP contribution in [0.2, 0.25) is 0 Å². The van der Waals surface area contributed by atoms with Gasteiger partial charge in [-0.05, 0) is 0 Å². The molecule has 2 N–H and O–H groups in total. The molecule has 0 amide bonds. The van der Waals surface area contributed by atoms with Crippen molar-refractivity contribution in [1.29, 1.82) is 0 Å². The van der Waals surface area contributed by atoms with Crippen molar-refractivity contribution < 1.29 is 0 Å². The molecule has 0 fully saturated rings. The highest BCUT2D eigenvalue weighted by Gasteiger charge is 1.35. The summed E-state index contributed by atoms with van der Waals surface area (Å²) in [5, 5.41) is 1.75. The van der Waals surface area contributed by atoms with E-state index in [1.807, 2.05) is 0 Å². The summed E-state index contributed by atoms with van der Waals surface area (Å²) in [5.41, 5.74) is 0. The van der Waals surface area contributed by atoms with E-state index >= 15 is 0 Å². The number of rotatable bonds is 0. The highest BCUT2D eigenvalue weighted by Crippen LogP contribution is 1.56. The summed E-state index contributed by atoms with van der Waals surface area (Å²) in [5.74, 6) is 3.92. The average Bonchev–Trinajstić information content (AvgIpc) is 1.39. The van der Waals surface area contributed by atoms with E-state index in [9.17, 15) is 0 Å². The molecule has 0 spiro atoms. The molecule has 0 unspecified atom stereocenters. The third-order valence-corrected chi connectivity index (χ3v) is 0. The Morgan fingerprint density at radius 2 is 1.67 bits per heavy atom. The first-order chi connectivity index (χ1) is 2.83. The summed E-state index contributed by atoms with van der Waals surface area (Å²) in [7, 11) is 0. The van der Waals surface area contributed by atoms with Crippen LogP contribution in [0.3, 0.4) is 0 Å². The molecule has 0 aliphatic heterocycles. The van der Waals surface area contributed by atoms with Crippen LogP contribution in [0.15, 0.2) is 5.29 Å². The Bertz CT molecular complexity index is 22.8. The number of nitrogens with zero attached hydrogens (tertiary/aromatic N) is 1. The first kappa shape index (κ1) is 9.04. The Balaban J connectivity index is 0. The number of hydrogen-bond acceptors (Lipinski definition) is 2. The molecule has 0 aromatic heterocycles. The largest absolute Gasteiger partial charge is 0.287 e. The number of nitrogens with two attached hydrogens (primary N) is 1. The monoisotopic (exact) mass is 90.1 g/mol. The first-order valence-corrected chi connectivity index (χ1v) is 1.85. The summed E-state index contributed by atoms with van der Waals surface area (Å²) >= 11 is 0. The zero-order valence-corrected chi connectivity index (χ0v) is 4.14. The fraction of sp³-hybridized carbons (Fsp3) is 1.00. The minimum atomic E-state index is 1.25. The molecule has 0 rings (SSSR count). The highest BCUT2D eigenvalue weighted by molar-refractivity contribution is 3.93. The van der Waals surface area contributed by atoms with Crippen LogP contribution in [0.4, 0.5) is 0 Å². The second-order valence-corrected chi connectivity index (χ2v) is 0.813. The molecule has 3 nitrogen and oxygen atoms in total. The number of nitroso groups, excluding NO2 is 1. The van der Waals surface area contributed by atoms with Crippen LogP contribution in [-0.2, 0) is 0 Å². The van der Waals surface area contributed by atoms with E-state index in [1.54, 1.807) is 5.29 Å². The Hall–Kier alpha value is -0.600. The van der Waals surface area contributed by atoms with Crippen LogP contribution in [0.25, 0.3) is 0 Å². The van der Waals surface area contributed by atoms with Gasteiger partial charge in [-0.3, -0.25) is 5.84 Å². The average molecular weight is 90.1 g/mol. The lowest BCUT2D eigenvalue weighted by Gasteiger charge is -1.48. The molecule has 0 saturated carbocycles. The maximum Gasteiger partial charge on any atom is 0.0468 e. The van der Waals surface area contributed by atoms with Gasteiger partial charge in [-0.25, -0.2) is 0 Å². The highest BCUT2D eigenvalue weighted by atomic mass is 16.3. The van der Waals surface area contributed by atoms with Gasteiger partial charge in [-0.2, -0.15) is 0 Å². The number of hydrogen-bond donors (Lipinski definition) is 1. The summed E-state index contributed by atoms with van der Waals surface area (Å²) in [6.07, 6.45) is 1.25. The summed E-state index contributed by atoms with van der Waals surface area (Å²) < 4.78 is 0. The topological polar surface area (TPSA) is 55.4 Å². The molecule has 6 heavy (non-hydrogen) atoms. The Morgan fingerprint density at radius 3 is 1.67 bits per heavy atom. The lowest BCUT2D eigenvalue weighted by molar-refractivity contribution is 1.09. The third kappa shape index (κ3) is 54.4. The quantitative estimate of drug-likeness (QED) is 0.274. The van der Waals surface area contributed by atoms with E-state index in [4.69, 9.17) is 4.91 Å². The molecule has 0 bridgehead atoms. The maximum atomic E-state index is 8.33. The molecular formula is C3H10N2O. The fourth-order valence-electron chi connectivity index (χ4n) is 0. The van der Waals surface area contributed by atoms with Crippen molar-refractivity contribution >= 4 is 0 Å². The van der Waals surface area contributed by atoms with E-state index in [2.05, 4.69) is 19.7 Å². The molecule has 0 saturated heterocycles. The lowest BCUT2D eigenvalue weighted by atomic mass is 10.6. The van der Waals surface area contributed by atoms with Gasteiger partial charge < -0.3 is 0 Å². The van der Waals surface area contributed by atoms with Crippen LogP contribution >= 0.6 is 0 Å². The standard InChI is InChI=1S/C3H8.H2N2O/c1-3-2;1-2-3/h3H2,1-2H3;(H2,1,3). The predicted molar refractivity (Wildman–Crippen MR) is 25.9 cm³/mol. The molecule has 0 atom stereocenters. The Morgan fingerprint density at radius 1 is 1.67 bits per heavy atom. The second-order valence-electron chi connectivity index (χ2n) is 0.813. The summed E-state index contributed by atoms with van der Waals surface area (Å²) in [6, 6.07) is 0. The summed E-state index contributed by atoms with van der Waals surface area (Å²) in [6.45, 7) is 4.25. The zero-order valence-electron chi connectivity index (χ0n) is 4.14. The second kappa shape index (κ2) is 26.0. The van der Waals surface area contributed by atoms with E-state index in [1.165, 1.54) is 6.42 Å². The normalized spacial score (nSPS) is 5.00. The fourth-order valence-corrected chi connectivity index (χ4v) is 0. The van der Waals surface area contributed by atoms with Crippen molar-refractivity contribution in [3.05, 3.63) is 4.91 Å². The van der Waals surface area contributed by atoms with Crippen LogP contribution < -0.4 is 5.84 Å². The zero-order chi connectivity index (χ0) is 5.41. The first-order valence-electron chi connectivity index (χ1n) is 1.85. The van der Waals surface area contributed by atoms with Crippen molar-refractivity contribution in [3.8, 4) is 0 Å². The van der Waals surface area contributed by atoms with Gasteiger partial charge in [0.1, 0.15) is 0 Å². The minimum absolute atomic E-state index is 1.25. The minimum Gasteiger partial charge on any atom is -0.287 e. The molecule has 0 aliphatic carbocycles. The van der Waals surface area contributed by atoms with Crippen LogP contribution in [-0.4, -0.2) is 0 Å². The maximum absolute atomic E-state index is 8.33. The molecular weight excluding hydrogens is 80.0 g/mol. The van der Waals surface area contributed by atoms with Gasteiger partial charge in [0.25, 0.3) is 0 Å². The molecule has 38 valence electrons. The van der Waals surface area contributed by atoms with Crippen molar-refractivity contribution in [1.82, 2.24) is 0 Å². The van der Waals surface area contributed by atoms with Gasteiger partial charge in [0.15, 0.2) is 0 Å². The van der Waals surface area contributed by atoms with E-state index in [0.29, 0.717) is 0 Å². The molecule has 0 aromatic rings. The van der Waals surface area contributed by atoms with Gasteiger partial charge in [0, 0.05) is 5.29 Å². The molecule has 0 radical (unpaired) electrons. The van der Waals surface area contributed by atoms with Crippen molar-refractivity contribution in [2.75, 3.05) is 0 Å². The van der Waals surface area contributed by atoms with E-state index in [0.717, 1.165) is 0 Å². The molecule has 0 aromatic carbocycles. The van der Waals surface area contributed by atoms with Gasteiger partial charge in [-0.1, -0.05) is 20.3 Å². The van der Waals surface area contributed by atoms with Crippen LogP contribution in [0.5, 0.6) is 0 Å². The van der Waals surface area contributed by atoms with Gasteiger partial charge in [0.05, 0.1) is 0 Å².